The van der Waals surface area contributed by atoms with Crippen LogP contribution in [0, 0.1) is 0 Å². The Hall–Kier alpha value is -0.500. The average Bonchev–Trinajstić information content (AvgIpc) is 2.31. The molecule has 1 aromatic rings. The van der Waals surface area contributed by atoms with E-state index < -0.39 is 0 Å². The standard InChI is InChI=1S/C14H19Cl2N/c1-4-8-17-11(3)10(2)9-12-6-5-7-13(15)14(12)16/h5-7,9,11,17H,4,8H2,1-3H3/b10-9+. The molecule has 17 heavy (non-hydrogen) atoms. The molecule has 0 radical (unpaired) electrons. The SMILES string of the molecule is CCCNC(C)/C(C)=C/c1cccc(Cl)c1Cl. The van der Waals surface area contributed by atoms with Crippen molar-refractivity contribution < 1.29 is 0 Å². The molecule has 1 nitrogen and oxygen atoms in total. The van der Waals surface area contributed by atoms with Gasteiger partial charge in [0.05, 0.1) is 10.0 Å². The second-order valence-electron chi connectivity index (χ2n) is 4.21. The number of hydrogen-bond donors (Lipinski definition) is 1. The van der Waals surface area contributed by atoms with Gasteiger partial charge in [-0.25, -0.2) is 0 Å². The van der Waals surface area contributed by atoms with Gasteiger partial charge in [0.15, 0.2) is 0 Å². The summed E-state index contributed by atoms with van der Waals surface area (Å²) < 4.78 is 0. The van der Waals surface area contributed by atoms with E-state index in [0.717, 1.165) is 18.5 Å². The summed E-state index contributed by atoms with van der Waals surface area (Å²) in [7, 11) is 0. The summed E-state index contributed by atoms with van der Waals surface area (Å²) in [6.45, 7) is 7.44. The molecule has 0 spiro atoms. The second-order valence-corrected chi connectivity index (χ2v) is 4.99. The van der Waals surface area contributed by atoms with Crippen LogP contribution in [0.1, 0.15) is 32.8 Å². The number of rotatable bonds is 5. The lowest BCUT2D eigenvalue weighted by atomic mass is 10.1. The van der Waals surface area contributed by atoms with Crippen LogP contribution < -0.4 is 5.32 Å². The van der Waals surface area contributed by atoms with Crippen molar-refractivity contribution in [3.63, 3.8) is 0 Å². The fourth-order valence-corrected chi connectivity index (χ4v) is 1.89. The van der Waals surface area contributed by atoms with Crippen LogP contribution in [0.15, 0.2) is 23.8 Å². The van der Waals surface area contributed by atoms with E-state index in [-0.39, 0.29) is 0 Å². The van der Waals surface area contributed by atoms with Gasteiger partial charge in [0.25, 0.3) is 0 Å². The smallest absolute Gasteiger partial charge is 0.0664 e. The molecule has 0 aliphatic heterocycles. The molecule has 0 saturated carbocycles. The van der Waals surface area contributed by atoms with Gasteiger partial charge in [0, 0.05) is 6.04 Å². The van der Waals surface area contributed by atoms with Gasteiger partial charge < -0.3 is 5.32 Å². The number of benzene rings is 1. The molecule has 0 fully saturated rings. The van der Waals surface area contributed by atoms with Gasteiger partial charge in [-0.05, 0) is 38.4 Å². The van der Waals surface area contributed by atoms with E-state index in [9.17, 15) is 0 Å². The molecule has 1 atom stereocenters. The van der Waals surface area contributed by atoms with Gasteiger partial charge in [-0.1, -0.05) is 53.9 Å². The third-order valence-corrected chi connectivity index (χ3v) is 3.58. The maximum Gasteiger partial charge on any atom is 0.0664 e. The Morgan fingerprint density at radius 3 is 2.76 bits per heavy atom. The van der Waals surface area contributed by atoms with E-state index in [1.54, 1.807) is 6.07 Å². The minimum atomic E-state index is 0.352. The lowest BCUT2D eigenvalue weighted by Gasteiger charge is -2.14. The Balaban J connectivity index is 2.83. The summed E-state index contributed by atoms with van der Waals surface area (Å²) in [5, 5.41) is 4.66. The van der Waals surface area contributed by atoms with E-state index in [1.807, 2.05) is 12.1 Å². The average molecular weight is 272 g/mol. The molecule has 1 aromatic carbocycles. The van der Waals surface area contributed by atoms with Crippen molar-refractivity contribution >= 4 is 29.3 Å². The zero-order valence-corrected chi connectivity index (χ0v) is 12.1. The summed E-state index contributed by atoms with van der Waals surface area (Å²) in [6, 6.07) is 6.04. The molecule has 0 aliphatic rings. The normalized spacial score (nSPS) is 13.8. The van der Waals surface area contributed by atoms with Crippen molar-refractivity contribution in [1.29, 1.82) is 0 Å². The zero-order chi connectivity index (χ0) is 12.8. The first-order valence-corrected chi connectivity index (χ1v) is 6.67. The second kappa shape index (κ2) is 7.05. The van der Waals surface area contributed by atoms with Crippen LogP contribution in [0.25, 0.3) is 6.08 Å². The Bertz CT molecular complexity index is 399. The molecule has 0 aromatic heterocycles. The van der Waals surface area contributed by atoms with Gasteiger partial charge in [-0.3, -0.25) is 0 Å². The fraction of sp³-hybridized carbons (Fsp3) is 0.429. The molecule has 1 rings (SSSR count). The van der Waals surface area contributed by atoms with Crippen LogP contribution in [-0.4, -0.2) is 12.6 Å². The minimum Gasteiger partial charge on any atom is -0.311 e. The summed E-state index contributed by atoms with van der Waals surface area (Å²) in [6.07, 6.45) is 3.22. The van der Waals surface area contributed by atoms with Crippen LogP contribution >= 0.6 is 23.2 Å². The van der Waals surface area contributed by atoms with Crippen LogP contribution in [-0.2, 0) is 0 Å². The van der Waals surface area contributed by atoms with Crippen molar-refractivity contribution in [1.82, 2.24) is 5.32 Å². The largest absolute Gasteiger partial charge is 0.311 e. The molecule has 0 saturated heterocycles. The van der Waals surface area contributed by atoms with Gasteiger partial charge in [-0.15, -0.1) is 0 Å². The molecule has 0 amide bonds. The first-order chi connectivity index (χ1) is 8.06. The van der Waals surface area contributed by atoms with E-state index in [0.29, 0.717) is 16.1 Å². The molecule has 0 aliphatic carbocycles. The summed E-state index contributed by atoms with van der Waals surface area (Å²) in [5.74, 6) is 0. The van der Waals surface area contributed by atoms with E-state index in [1.165, 1.54) is 5.57 Å². The lowest BCUT2D eigenvalue weighted by molar-refractivity contribution is 0.604. The molecular weight excluding hydrogens is 253 g/mol. The molecule has 1 N–H and O–H groups in total. The van der Waals surface area contributed by atoms with E-state index >= 15 is 0 Å². The Morgan fingerprint density at radius 2 is 2.12 bits per heavy atom. The predicted octanol–water partition coefficient (Wildman–Crippen LogP) is 4.78. The summed E-state index contributed by atoms with van der Waals surface area (Å²) in [5.41, 5.74) is 2.23. The Labute approximate surface area is 114 Å². The lowest BCUT2D eigenvalue weighted by Crippen LogP contribution is -2.27. The van der Waals surface area contributed by atoms with Crippen molar-refractivity contribution in [2.45, 2.75) is 33.2 Å². The van der Waals surface area contributed by atoms with Crippen LogP contribution in [0.4, 0.5) is 0 Å². The first kappa shape index (κ1) is 14.6. The highest BCUT2D eigenvalue weighted by atomic mass is 35.5. The van der Waals surface area contributed by atoms with Crippen LogP contribution in [0.2, 0.25) is 10.0 Å². The first-order valence-electron chi connectivity index (χ1n) is 5.91. The summed E-state index contributed by atoms with van der Waals surface area (Å²) >= 11 is 12.1. The van der Waals surface area contributed by atoms with Gasteiger partial charge in [0.1, 0.15) is 0 Å². The van der Waals surface area contributed by atoms with E-state index in [4.69, 9.17) is 23.2 Å². The van der Waals surface area contributed by atoms with E-state index in [2.05, 4.69) is 32.2 Å². The topological polar surface area (TPSA) is 12.0 Å². The van der Waals surface area contributed by atoms with Crippen molar-refractivity contribution in [3.05, 3.63) is 39.4 Å². The highest BCUT2D eigenvalue weighted by Crippen LogP contribution is 2.27. The maximum absolute atomic E-state index is 6.15. The summed E-state index contributed by atoms with van der Waals surface area (Å²) in [4.78, 5) is 0. The molecular formula is C14H19Cl2N. The van der Waals surface area contributed by atoms with Crippen molar-refractivity contribution in [2.24, 2.45) is 0 Å². The van der Waals surface area contributed by atoms with Crippen molar-refractivity contribution in [2.75, 3.05) is 6.54 Å². The molecule has 1 unspecified atom stereocenters. The van der Waals surface area contributed by atoms with Gasteiger partial charge in [0.2, 0.25) is 0 Å². The zero-order valence-electron chi connectivity index (χ0n) is 10.6. The maximum atomic E-state index is 6.15. The molecule has 3 heteroatoms. The highest BCUT2D eigenvalue weighted by molar-refractivity contribution is 6.42. The minimum absolute atomic E-state index is 0.352. The third-order valence-electron chi connectivity index (χ3n) is 2.75. The van der Waals surface area contributed by atoms with Crippen molar-refractivity contribution in [3.8, 4) is 0 Å². The number of halogens is 2. The number of nitrogens with one attached hydrogen (secondary N) is 1. The third kappa shape index (κ3) is 4.34. The van der Waals surface area contributed by atoms with Crippen LogP contribution in [0.3, 0.4) is 0 Å². The molecule has 0 bridgehead atoms. The van der Waals surface area contributed by atoms with Gasteiger partial charge in [-0.2, -0.15) is 0 Å². The fourth-order valence-electron chi connectivity index (χ4n) is 1.52. The highest BCUT2D eigenvalue weighted by Gasteiger charge is 2.06. The molecule has 0 heterocycles. The monoisotopic (exact) mass is 271 g/mol. The molecule has 94 valence electrons. The quantitative estimate of drug-likeness (QED) is 0.813. The Morgan fingerprint density at radius 1 is 1.41 bits per heavy atom. The predicted molar refractivity (Wildman–Crippen MR) is 77.9 cm³/mol. The van der Waals surface area contributed by atoms with Crippen LogP contribution in [0.5, 0.6) is 0 Å². The van der Waals surface area contributed by atoms with Gasteiger partial charge >= 0.3 is 0 Å². The number of hydrogen-bond acceptors (Lipinski definition) is 1. The Kier molecular flexibility index (Phi) is 6.04.